The Kier molecular flexibility index (Phi) is 4.10. The van der Waals surface area contributed by atoms with Crippen molar-refractivity contribution in [3.63, 3.8) is 0 Å². The molecule has 0 aliphatic heterocycles. The van der Waals surface area contributed by atoms with Crippen molar-refractivity contribution in [2.24, 2.45) is 0 Å². The number of sulfonamides is 1. The number of nitrogens with zero attached hydrogens (tertiary/aromatic N) is 1. The molecule has 0 saturated heterocycles. The number of hydrogen-bond acceptors (Lipinski definition) is 4. The predicted molar refractivity (Wildman–Crippen MR) is 78.2 cm³/mol. The number of halogens is 1. The van der Waals surface area contributed by atoms with E-state index in [1.807, 2.05) is 0 Å². The van der Waals surface area contributed by atoms with Gasteiger partial charge in [-0.25, -0.2) is 12.8 Å². The van der Waals surface area contributed by atoms with Crippen LogP contribution in [0.2, 0.25) is 0 Å². The molecule has 0 unspecified atom stereocenters. The molecule has 0 spiro atoms. The molecule has 7 heteroatoms. The Morgan fingerprint density at radius 2 is 2.00 bits per heavy atom. The highest BCUT2D eigenvalue weighted by molar-refractivity contribution is 7.91. The number of hydrogen-bond donors (Lipinski definition) is 2. The lowest BCUT2D eigenvalue weighted by Gasteiger charge is -2.09. The molecule has 21 heavy (non-hydrogen) atoms. The predicted octanol–water partition coefficient (Wildman–Crippen LogP) is 2.22. The fourth-order valence-electron chi connectivity index (χ4n) is 1.77. The van der Waals surface area contributed by atoms with Gasteiger partial charge in [-0.2, -0.15) is 5.26 Å². The number of nitrogens with one attached hydrogen (secondary N) is 1. The molecule has 0 saturated carbocycles. The van der Waals surface area contributed by atoms with Crippen molar-refractivity contribution in [2.75, 3.05) is 10.5 Å². The van der Waals surface area contributed by atoms with Crippen molar-refractivity contribution in [3.8, 4) is 6.07 Å². The van der Waals surface area contributed by atoms with Gasteiger partial charge in [0, 0.05) is 5.69 Å². The Morgan fingerprint density at radius 1 is 1.24 bits per heavy atom. The summed E-state index contributed by atoms with van der Waals surface area (Å²) in [4.78, 5) is 0. The molecule has 0 atom stereocenters. The second-order valence-corrected chi connectivity index (χ2v) is 6.13. The number of anilines is 2. The van der Waals surface area contributed by atoms with Crippen LogP contribution in [0.25, 0.3) is 0 Å². The first-order chi connectivity index (χ1) is 9.89. The number of nitrogens with two attached hydrogens (primary N) is 1. The highest BCUT2D eigenvalue weighted by Crippen LogP contribution is 2.19. The summed E-state index contributed by atoms with van der Waals surface area (Å²) >= 11 is 0. The molecule has 5 nitrogen and oxygen atoms in total. The van der Waals surface area contributed by atoms with Gasteiger partial charge < -0.3 is 5.73 Å². The minimum absolute atomic E-state index is 0.117. The highest BCUT2D eigenvalue weighted by Gasteiger charge is 2.14. The van der Waals surface area contributed by atoms with E-state index in [0.717, 1.165) is 6.07 Å². The van der Waals surface area contributed by atoms with Crippen molar-refractivity contribution < 1.29 is 12.8 Å². The van der Waals surface area contributed by atoms with E-state index in [1.165, 1.54) is 18.2 Å². The van der Waals surface area contributed by atoms with Gasteiger partial charge in [-0.3, -0.25) is 4.72 Å². The summed E-state index contributed by atoms with van der Waals surface area (Å²) in [6.07, 6.45) is 0. The summed E-state index contributed by atoms with van der Waals surface area (Å²) in [5.41, 5.74) is 6.45. The molecule has 2 aromatic carbocycles. The Morgan fingerprint density at radius 3 is 2.62 bits per heavy atom. The first-order valence-corrected chi connectivity index (χ1v) is 7.59. The lowest BCUT2D eigenvalue weighted by molar-refractivity contribution is 0.598. The lowest BCUT2D eigenvalue weighted by Crippen LogP contribution is -2.16. The van der Waals surface area contributed by atoms with Crippen LogP contribution in [0.1, 0.15) is 11.1 Å². The van der Waals surface area contributed by atoms with Gasteiger partial charge in [0.25, 0.3) is 0 Å². The maximum atomic E-state index is 13.7. The van der Waals surface area contributed by atoms with Crippen molar-refractivity contribution in [1.29, 1.82) is 5.26 Å². The zero-order valence-electron chi connectivity index (χ0n) is 10.9. The van der Waals surface area contributed by atoms with Crippen LogP contribution in [-0.4, -0.2) is 8.42 Å². The molecule has 0 amide bonds. The summed E-state index contributed by atoms with van der Waals surface area (Å²) in [7, 11) is -3.77. The van der Waals surface area contributed by atoms with Gasteiger partial charge in [0.15, 0.2) is 0 Å². The fourth-order valence-corrected chi connectivity index (χ4v) is 2.96. The second-order valence-electron chi connectivity index (χ2n) is 4.41. The van der Waals surface area contributed by atoms with Crippen molar-refractivity contribution in [2.45, 2.75) is 5.75 Å². The summed E-state index contributed by atoms with van der Waals surface area (Å²) in [5, 5.41) is 8.64. The monoisotopic (exact) mass is 305 g/mol. The molecule has 0 fully saturated rings. The zero-order chi connectivity index (χ0) is 15.5. The minimum Gasteiger partial charge on any atom is -0.399 e. The van der Waals surface area contributed by atoms with Gasteiger partial charge in [0.1, 0.15) is 5.82 Å². The fraction of sp³-hybridized carbons (Fsp3) is 0.0714. The molecule has 3 N–H and O–H groups in total. The summed E-state index contributed by atoms with van der Waals surface area (Å²) in [6, 6.07) is 11.7. The molecular formula is C14H12FN3O2S. The number of nitrogen functional groups attached to an aromatic ring is 1. The topological polar surface area (TPSA) is 96.0 Å². The molecule has 0 aliphatic carbocycles. The largest absolute Gasteiger partial charge is 0.399 e. The van der Waals surface area contributed by atoms with E-state index in [4.69, 9.17) is 11.0 Å². The molecule has 0 radical (unpaired) electrons. The molecule has 2 rings (SSSR count). The molecule has 0 aromatic heterocycles. The molecule has 2 aromatic rings. The van der Waals surface area contributed by atoms with Gasteiger partial charge in [-0.05, 0) is 35.9 Å². The second kappa shape index (κ2) is 5.81. The van der Waals surface area contributed by atoms with E-state index in [2.05, 4.69) is 4.72 Å². The van der Waals surface area contributed by atoms with E-state index in [1.54, 1.807) is 24.3 Å². The summed E-state index contributed by atoms with van der Waals surface area (Å²) in [6.45, 7) is 0. The number of rotatable bonds is 4. The third kappa shape index (κ3) is 3.94. The van der Waals surface area contributed by atoms with Gasteiger partial charge in [0.2, 0.25) is 10.0 Å². The summed E-state index contributed by atoms with van der Waals surface area (Å²) < 4.78 is 39.8. The number of benzene rings is 2. The molecular weight excluding hydrogens is 293 g/mol. The Balaban J connectivity index is 2.20. The average Bonchev–Trinajstić information content (AvgIpc) is 2.40. The Labute approximate surface area is 121 Å². The smallest absolute Gasteiger partial charge is 0.237 e. The van der Waals surface area contributed by atoms with Crippen LogP contribution in [-0.2, 0) is 15.8 Å². The minimum atomic E-state index is -3.77. The maximum Gasteiger partial charge on any atom is 0.237 e. The molecule has 0 aliphatic rings. The van der Waals surface area contributed by atoms with Crippen molar-refractivity contribution in [1.82, 2.24) is 0 Å². The van der Waals surface area contributed by atoms with Gasteiger partial charge in [0.05, 0.1) is 23.1 Å². The maximum absolute atomic E-state index is 13.7. The van der Waals surface area contributed by atoms with E-state index in [0.29, 0.717) is 11.3 Å². The van der Waals surface area contributed by atoms with Crippen LogP contribution in [0.15, 0.2) is 42.5 Å². The van der Waals surface area contributed by atoms with E-state index in [9.17, 15) is 12.8 Å². The first kappa shape index (κ1) is 14.8. The van der Waals surface area contributed by atoms with Crippen LogP contribution < -0.4 is 10.5 Å². The van der Waals surface area contributed by atoms with Crippen molar-refractivity contribution in [3.05, 3.63) is 59.4 Å². The standard InChI is InChI=1S/C14H12FN3O2S/c15-13-7-10(8-16)4-5-14(13)18-21(19,20)9-11-2-1-3-12(17)6-11/h1-7,18H,9,17H2. The van der Waals surface area contributed by atoms with Gasteiger partial charge in [-0.15, -0.1) is 0 Å². The van der Waals surface area contributed by atoms with Crippen LogP contribution in [0.3, 0.4) is 0 Å². The first-order valence-electron chi connectivity index (χ1n) is 5.94. The Bertz CT molecular complexity index is 813. The van der Waals surface area contributed by atoms with E-state index >= 15 is 0 Å². The molecule has 0 heterocycles. The van der Waals surface area contributed by atoms with Crippen LogP contribution in [0, 0.1) is 17.1 Å². The zero-order valence-corrected chi connectivity index (χ0v) is 11.7. The summed E-state index contributed by atoms with van der Waals surface area (Å²) in [5.74, 6) is -1.12. The SMILES string of the molecule is N#Cc1ccc(NS(=O)(=O)Cc2cccc(N)c2)c(F)c1. The lowest BCUT2D eigenvalue weighted by atomic mass is 10.2. The van der Waals surface area contributed by atoms with Crippen LogP contribution in [0.5, 0.6) is 0 Å². The third-order valence-corrected chi connectivity index (χ3v) is 3.92. The highest BCUT2D eigenvalue weighted by atomic mass is 32.2. The molecule has 108 valence electrons. The third-order valence-electron chi connectivity index (χ3n) is 2.67. The van der Waals surface area contributed by atoms with Gasteiger partial charge in [-0.1, -0.05) is 12.1 Å². The van der Waals surface area contributed by atoms with E-state index < -0.39 is 15.8 Å². The van der Waals surface area contributed by atoms with Gasteiger partial charge >= 0.3 is 0 Å². The normalized spacial score (nSPS) is 10.9. The van der Waals surface area contributed by atoms with E-state index in [-0.39, 0.29) is 17.0 Å². The molecule has 0 bridgehead atoms. The Hall–Kier alpha value is -2.59. The van der Waals surface area contributed by atoms with Crippen molar-refractivity contribution >= 4 is 21.4 Å². The van der Waals surface area contributed by atoms with Crippen LogP contribution in [0.4, 0.5) is 15.8 Å². The quantitative estimate of drug-likeness (QED) is 0.846. The number of nitriles is 1. The van der Waals surface area contributed by atoms with Crippen LogP contribution >= 0.6 is 0 Å². The average molecular weight is 305 g/mol.